The summed E-state index contributed by atoms with van der Waals surface area (Å²) in [6.07, 6.45) is 4.26. The van der Waals surface area contributed by atoms with Gasteiger partial charge in [0, 0.05) is 15.7 Å². The first kappa shape index (κ1) is 11.0. The highest BCUT2D eigenvalue weighted by Gasteiger charge is 2.22. The monoisotopic (exact) mass is 269 g/mol. The van der Waals surface area contributed by atoms with Crippen LogP contribution >= 0.6 is 15.9 Å². The van der Waals surface area contributed by atoms with Crippen molar-refractivity contribution >= 4 is 21.6 Å². The van der Waals surface area contributed by atoms with Gasteiger partial charge < -0.3 is 10.8 Å². The van der Waals surface area contributed by atoms with Gasteiger partial charge in [0.05, 0.1) is 6.10 Å². The second-order valence-electron chi connectivity index (χ2n) is 4.32. The molecule has 1 atom stereocenters. The molecule has 3 heteroatoms. The number of hydrogen-bond acceptors (Lipinski definition) is 2. The van der Waals surface area contributed by atoms with Crippen LogP contribution in [0.2, 0.25) is 0 Å². The van der Waals surface area contributed by atoms with Crippen LogP contribution in [0.25, 0.3) is 0 Å². The first-order valence-electron chi connectivity index (χ1n) is 5.40. The van der Waals surface area contributed by atoms with E-state index in [0.717, 1.165) is 16.5 Å². The van der Waals surface area contributed by atoms with Crippen LogP contribution in [0.4, 0.5) is 5.69 Å². The van der Waals surface area contributed by atoms with Crippen molar-refractivity contribution in [3.63, 3.8) is 0 Å². The number of nitrogen functional groups attached to an aromatic ring is 1. The summed E-state index contributed by atoms with van der Waals surface area (Å²) in [6.45, 7) is 0. The molecule has 0 aromatic heterocycles. The third-order valence-corrected chi connectivity index (χ3v) is 3.68. The maximum Gasteiger partial charge on any atom is 0.0813 e. The van der Waals surface area contributed by atoms with Gasteiger partial charge in [0.1, 0.15) is 0 Å². The molecular weight excluding hydrogens is 254 g/mol. The molecule has 0 amide bonds. The Labute approximate surface area is 98.6 Å². The molecule has 1 aromatic rings. The van der Waals surface area contributed by atoms with Gasteiger partial charge in [-0.1, -0.05) is 35.2 Å². The zero-order chi connectivity index (χ0) is 10.8. The van der Waals surface area contributed by atoms with Crippen LogP contribution in [0.1, 0.15) is 37.4 Å². The normalized spacial score (nSPS) is 18.5. The fourth-order valence-electron chi connectivity index (χ4n) is 2.01. The SMILES string of the molecule is Nc1ccc(Br)cc1C(O)CC1CCC1. The van der Waals surface area contributed by atoms with Crippen molar-refractivity contribution in [2.24, 2.45) is 5.92 Å². The summed E-state index contributed by atoms with van der Waals surface area (Å²) in [7, 11) is 0. The average Bonchev–Trinajstić information content (AvgIpc) is 2.15. The van der Waals surface area contributed by atoms with Crippen molar-refractivity contribution in [3.05, 3.63) is 28.2 Å². The molecule has 1 aliphatic rings. The molecule has 0 radical (unpaired) electrons. The van der Waals surface area contributed by atoms with Gasteiger partial charge in [-0.25, -0.2) is 0 Å². The van der Waals surface area contributed by atoms with Crippen molar-refractivity contribution in [2.45, 2.75) is 31.8 Å². The van der Waals surface area contributed by atoms with E-state index in [1.54, 1.807) is 0 Å². The molecule has 15 heavy (non-hydrogen) atoms. The van der Waals surface area contributed by atoms with Gasteiger partial charge in [0.2, 0.25) is 0 Å². The highest BCUT2D eigenvalue weighted by atomic mass is 79.9. The Morgan fingerprint density at radius 3 is 2.80 bits per heavy atom. The lowest BCUT2D eigenvalue weighted by Crippen LogP contribution is -2.15. The molecule has 3 N–H and O–H groups in total. The summed E-state index contributed by atoms with van der Waals surface area (Å²) in [5.74, 6) is 0.693. The minimum Gasteiger partial charge on any atom is -0.398 e. The van der Waals surface area contributed by atoms with Crippen LogP contribution in [0.5, 0.6) is 0 Å². The Morgan fingerprint density at radius 1 is 1.47 bits per heavy atom. The summed E-state index contributed by atoms with van der Waals surface area (Å²) >= 11 is 3.40. The van der Waals surface area contributed by atoms with Crippen molar-refractivity contribution in [1.82, 2.24) is 0 Å². The van der Waals surface area contributed by atoms with E-state index in [1.165, 1.54) is 19.3 Å². The third-order valence-electron chi connectivity index (χ3n) is 3.19. The summed E-state index contributed by atoms with van der Waals surface area (Å²) in [5, 5.41) is 10.1. The second kappa shape index (κ2) is 4.54. The van der Waals surface area contributed by atoms with Crippen molar-refractivity contribution in [3.8, 4) is 0 Å². The van der Waals surface area contributed by atoms with Gasteiger partial charge in [-0.2, -0.15) is 0 Å². The summed E-state index contributed by atoms with van der Waals surface area (Å²) in [4.78, 5) is 0. The Hall–Kier alpha value is -0.540. The standard InChI is InChI=1S/C12H16BrNO/c13-9-4-5-11(14)10(7-9)12(15)6-8-2-1-3-8/h4-5,7-8,12,15H,1-3,6,14H2. The minimum absolute atomic E-state index is 0.409. The fourth-order valence-corrected chi connectivity index (χ4v) is 2.38. The predicted octanol–water partition coefficient (Wildman–Crippen LogP) is 3.25. The summed E-state index contributed by atoms with van der Waals surface area (Å²) in [5.41, 5.74) is 7.39. The molecule has 2 rings (SSSR count). The van der Waals surface area contributed by atoms with Gasteiger partial charge in [-0.05, 0) is 30.5 Å². The first-order chi connectivity index (χ1) is 7.16. The van der Waals surface area contributed by atoms with Gasteiger partial charge in [-0.3, -0.25) is 0 Å². The number of anilines is 1. The van der Waals surface area contributed by atoms with Crippen LogP contribution in [0.3, 0.4) is 0 Å². The van der Waals surface area contributed by atoms with E-state index in [2.05, 4.69) is 15.9 Å². The number of aliphatic hydroxyl groups excluding tert-OH is 1. The minimum atomic E-state index is -0.409. The number of hydrogen-bond donors (Lipinski definition) is 2. The highest BCUT2D eigenvalue weighted by Crippen LogP contribution is 2.36. The van der Waals surface area contributed by atoms with Gasteiger partial charge in [-0.15, -0.1) is 0 Å². The maximum atomic E-state index is 10.1. The second-order valence-corrected chi connectivity index (χ2v) is 5.24. The Morgan fingerprint density at radius 2 is 2.20 bits per heavy atom. The van der Waals surface area contributed by atoms with E-state index >= 15 is 0 Å². The van der Waals surface area contributed by atoms with E-state index in [9.17, 15) is 5.11 Å². The van der Waals surface area contributed by atoms with Gasteiger partial charge in [0.25, 0.3) is 0 Å². The Bertz CT molecular complexity index is 349. The lowest BCUT2D eigenvalue weighted by atomic mass is 9.80. The van der Waals surface area contributed by atoms with Crippen LogP contribution in [-0.4, -0.2) is 5.11 Å². The van der Waals surface area contributed by atoms with Crippen molar-refractivity contribution in [1.29, 1.82) is 0 Å². The molecule has 0 spiro atoms. The quantitative estimate of drug-likeness (QED) is 0.828. The molecule has 0 saturated heterocycles. The van der Waals surface area contributed by atoms with E-state index < -0.39 is 6.10 Å². The van der Waals surface area contributed by atoms with Crippen molar-refractivity contribution in [2.75, 3.05) is 5.73 Å². The smallest absolute Gasteiger partial charge is 0.0813 e. The topological polar surface area (TPSA) is 46.2 Å². The molecule has 0 heterocycles. The number of nitrogens with two attached hydrogens (primary N) is 1. The van der Waals surface area contributed by atoms with E-state index in [0.29, 0.717) is 11.6 Å². The summed E-state index contributed by atoms with van der Waals surface area (Å²) in [6, 6.07) is 5.65. The molecule has 2 nitrogen and oxygen atoms in total. The third kappa shape index (κ3) is 2.52. The molecule has 1 saturated carbocycles. The van der Waals surface area contributed by atoms with Crippen LogP contribution in [-0.2, 0) is 0 Å². The lowest BCUT2D eigenvalue weighted by molar-refractivity contribution is 0.119. The fraction of sp³-hybridized carbons (Fsp3) is 0.500. The maximum absolute atomic E-state index is 10.1. The number of aliphatic hydroxyl groups is 1. The van der Waals surface area contributed by atoms with E-state index in [1.807, 2.05) is 18.2 Å². The van der Waals surface area contributed by atoms with Crippen LogP contribution < -0.4 is 5.73 Å². The average molecular weight is 270 g/mol. The predicted molar refractivity (Wildman–Crippen MR) is 65.5 cm³/mol. The molecule has 1 aliphatic carbocycles. The van der Waals surface area contributed by atoms with Gasteiger partial charge in [0.15, 0.2) is 0 Å². The zero-order valence-corrected chi connectivity index (χ0v) is 10.2. The van der Waals surface area contributed by atoms with E-state index in [4.69, 9.17) is 5.73 Å². The van der Waals surface area contributed by atoms with Crippen LogP contribution in [0.15, 0.2) is 22.7 Å². The molecule has 82 valence electrons. The first-order valence-corrected chi connectivity index (χ1v) is 6.19. The molecule has 0 aliphatic heterocycles. The van der Waals surface area contributed by atoms with E-state index in [-0.39, 0.29) is 0 Å². The highest BCUT2D eigenvalue weighted by molar-refractivity contribution is 9.10. The molecule has 0 bridgehead atoms. The molecule has 1 unspecified atom stereocenters. The van der Waals surface area contributed by atoms with Crippen molar-refractivity contribution < 1.29 is 5.11 Å². The largest absolute Gasteiger partial charge is 0.398 e. The number of benzene rings is 1. The molecular formula is C12H16BrNO. The van der Waals surface area contributed by atoms with Crippen LogP contribution in [0, 0.1) is 5.92 Å². The molecule has 1 fully saturated rings. The summed E-state index contributed by atoms with van der Waals surface area (Å²) < 4.78 is 0.972. The zero-order valence-electron chi connectivity index (χ0n) is 8.62. The molecule has 1 aromatic carbocycles. The van der Waals surface area contributed by atoms with Gasteiger partial charge >= 0.3 is 0 Å². The Kier molecular flexibility index (Phi) is 3.32. The number of halogens is 1. The number of rotatable bonds is 3. The Balaban J connectivity index is 2.09. The lowest BCUT2D eigenvalue weighted by Gasteiger charge is -2.28.